The molecule has 128 valence electrons. The van der Waals surface area contributed by atoms with Gasteiger partial charge in [0.25, 0.3) is 15.9 Å². The van der Waals surface area contributed by atoms with E-state index in [-0.39, 0.29) is 10.8 Å². The average molecular weight is 367 g/mol. The minimum atomic E-state index is -3.77. The number of hydrogen-bond acceptors (Lipinski definition) is 3. The van der Waals surface area contributed by atoms with E-state index in [1.807, 2.05) is 13.8 Å². The summed E-state index contributed by atoms with van der Waals surface area (Å²) in [6, 6.07) is 12.4. The third kappa shape index (κ3) is 4.07. The van der Waals surface area contributed by atoms with Crippen molar-refractivity contribution in [2.24, 2.45) is 0 Å². The molecule has 0 unspecified atom stereocenters. The Kier molecular flexibility index (Phi) is 5.85. The normalized spacial score (nSPS) is 11.1. The molecule has 7 heteroatoms. The van der Waals surface area contributed by atoms with Crippen LogP contribution < -0.4 is 4.72 Å². The van der Waals surface area contributed by atoms with Crippen LogP contribution in [0.15, 0.2) is 53.4 Å². The molecule has 0 radical (unpaired) electrons. The number of benzene rings is 2. The van der Waals surface area contributed by atoms with E-state index in [2.05, 4.69) is 4.72 Å². The van der Waals surface area contributed by atoms with Gasteiger partial charge >= 0.3 is 0 Å². The maximum atomic E-state index is 12.4. The monoisotopic (exact) mass is 366 g/mol. The van der Waals surface area contributed by atoms with Crippen molar-refractivity contribution in [3.8, 4) is 0 Å². The molecule has 2 aromatic rings. The zero-order valence-electron chi connectivity index (χ0n) is 13.5. The first kappa shape index (κ1) is 18.3. The number of halogens is 1. The van der Waals surface area contributed by atoms with Crippen molar-refractivity contribution in [1.82, 2.24) is 4.90 Å². The van der Waals surface area contributed by atoms with Gasteiger partial charge in [-0.2, -0.15) is 0 Å². The van der Waals surface area contributed by atoms with E-state index in [4.69, 9.17) is 11.6 Å². The van der Waals surface area contributed by atoms with Gasteiger partial charge in [0.05, 0.1) is 15.6 Å². The topological polar surface area (TPSA) is 66.5 Å². The lowest BCUT2D eigenvalue weighted by Crippen LogP contribution is -2.30. The number of hydrogen-bond donors (Lipinski definition) is 1. The first-order valence-electron chi connectivity index (χ1n) is 7.55. The molecular weight excluding hydrogens is 348 g/mol. The molecule has 5 nitrogen and oxygen atoms in total. The summed E-state index contributed by atoms with van der Waals surface area (Å²) in [6.45, 7) is 4.99. The van der Waals surface area contributed by atoms with Gasteiger partial charge in [-0.1, -0.05) is 23.7 Å². The fourth-order valence-electron chi connectivity index (χ4n) is 2.22. The van der Waals surface area contributed by atoms with Crippen LogP contribution in [0.2, 0.25) is 5.02 Å². The van der Waals surface area contributed by atoms with Gasteiger partial charge in [-0.25, -0.2) is 8.42 Å². The number of nitrogens with zero attached hydrogens (tertiary/aromatic N) is 1. The molecule has 0 saturated carbocycles. The van der Waals surface area contributed by atoms with E-state index in [9.17, 15) is 13.2 Å². The summed E-state index contributed by atoms with van der Waals surface area (Å²) < 4.78 is 27.3. The zero-order chi connectivity index (χ0) is 17.7. The molecule has 0 saturated heterocycles. The second-order valence-electron chi connectivity index (χ2n) is 5.09. The number of nitrogens with one attached hydrogen (secondary N) is 1. The number of para-hydroxylation sites is 1. The number of rotatable bonds is 6. The fraction of sp³-hybridized carbons (Fsp3) is 0.235. The van der Waals surface area contributed by atoms with Gasteiger partial charge in [-0.3, -0.25) is 9.52 Å². The van der Waals surface area contributed by atoms with E-state index in [1.54, 1.807) is 29.2 Å². The predicted molar refractivity (Wildman–Crippen MR) is 96.0 cm³/mol. The Hall–Kier alpha value is -2.05. The van der Waals surface area contributed by atoms with Gasteiger partial charge in [-0.05, 0) is 50.2 Å². The standard InChI is InChI=1S/C17H19ClN2O3S/c1-3-20(4-2)17(21)13-9-11-14(12-10-13)24(22,23)19-16-8-6-5-7-15(16)18/h5-12,19H,3-4H2,1-2H3. The van der Waals surface area contributed by atoms with Gasteiger partial charge in [-0.15, -0.1) is 0 Å². The summed E-state index contributed by atoms with van der Waals surface area (Å²) in [4.78, 5) is 14.0. The Morgan fingerprint density at radius 1 is 1.04 bits per heavy atom. The lowest BCUT2D eigenvalue weighted by molar-refractivity contribution is 0.0773. The molecule has 2 rings (SSSR count). The number of sulfonamides is 1. The highest BCUT2D eigenvalue weighted by atomic mass is 35.5. The SMILES string of the molecule is CCN(CC)C(=O)c1ccc(S(=O)(=O)Nc2ccccc2Cl)cc1. The molecule has 0 aliphatic carbocycles. The van der Waals surface area contributed by atoms with Crippen LogP contribution >= 0.6 is 11.6 Å². The van der Waals surface area contributed by atoms with Crippen LogP contribution in [-0.2, 0) is 10.0 Å². The molecule has 2 aromatic carbocycles. The van der Waals surface area contributed by atoms with Crippen molar-refractivity contribution in [3.05, 3.63) is 59.1 Å². The molecule has 1 amide bonds. The third-order valence-electron chi connectivity index (χ3n) is 3.58. The molecule has 24 heavy (non-hydrogen) atoms. The molecule has 0 aliphatic heterocycles. The highest BCUT2D eigenvalue weighted by Gasteiger charge is 2.17. The average Bonchev–Trinajstić information content (AvgIpc) is 2.58. The van der Waals surface area contributed by atoms with Crippen molar-refractivity contribution >= 4 is 33.2 Å². The van der Waals surface area contributed by atoms with Crippen LogP contribution in [0.1, 0.15) is 24.2 Å². The Morgan fingerprint density at radius 3 is 2.17 bits per heavy atom. The predicted octanol–water partition coefficient (Wildman–Crippen LogP) is 3.62. The summed E-state index contributed by atoms with van der Waals surface area (Å²) in [5, 5.41) is 0.314. The largest absolute Gasteiger partial charge is 0.339 e. The molecular formula is C17H19ClN2O3S. The number of carbonyl (C=O) groups excluding carboxylic acids is 1. The molecule has 0 aromatic heterocycles. The lowest BCUT2D eigenvalue weighted by atomic mass is 10.2. The Morgan fingerprint density at radius 2 is 1.62 bits per heavy atom. The van der Waals surface area contributed by atoms with Crippen molar-refractivity contribution in [1.29, 1.82) is 0 Å². The zero-order valence-corrected chi connectivity index (χ0v) is 15.1. The highest BCUT2D eigenvalue weighted by Crippen LogP contribution is 2.24. The maximum Gasteiger partial charge on any atom is 0.261 e. The first-order valence-corrected chi connectivity index (χ1v) is 9.41. The highest BCUT2D eigenvalue weighted by molar-refractivity contribution is 7.92. The molecule has 0 bridgehead atoms. The number of anilines is 1. The second kappa shape index (κ2) is 7.68. The lowest BCUT2D eigenvalue weighted by Gasteiger charge is -2.18. The number of carbonyl (C=O) groups is 1. The fourth-order valence-corrected chi connectivity index (χ4v) is 3.54. The van der Waals surface area contributed by atoms with Gasteiger partial charge < -0.3 is 4.90 Å². The third-order valence-corrected chi connectivity index (χ3v) is 5.29. The number of amides is 1. The molecule has 0 fully saturated rings. The maximum absolute atomic E-state index is 12.4. The minimum Gasteiger partial charge on any atom is -0.339 e. The van der Waals surface area contributed by atoms with Gasteiger partial charge in [0.1, 0.15) is 0 Å². The van der Waals surface area contributed by atoms with Crippen molar-refractivity contribution < 1.29 is 13.2 Å². The quantitative estimate of drug-likeness (QED) is 0.849. The first-order chi connectivity index (χ1) is 11.4. The summed E-state index contributed by atoms with van der Waals surface area (Å²) in [5.41, 5.74) is 0.762. The van der Waals surface area contributed by atoms with Gasteiger partial charge in [0.2, 0.25) is 0 Å². The molecule has 0 heterocycles. The van der Waals surface area contributed by atoms with Crippen molar-refractivity contribution in [3.63, 3.8) is 0 Å². The summed E-state index contributed by atoms with van der Waals surface area (Å²) in [5.74, 6) is -0.122. The van der Waals surface area contributed by atoms with Crippen LogP contribution in [-0.4, -0.2) is 32.3 Å². The molecule has 1 N–H and O–H groups in total. The summed E-state index contributed by atoms with van der Waals surface area (Å²) >= 11 is 5.97. The second-order valence-corrected chi connectivity index (χ2v) is 7.18. The van der Waals surface area contributed by atoms with E-state index >= 15 is 0 Å². The van der Waals surface area contributed by atoms with Crippen LogP contribution in [0.5, 0.6) is 0 Å². The molecule has 0 atom stereocenters. The van der Waals surface area contributed by atoms with Crippen LogP contribution in [0.4, 0.5) is 5.69 Å². The summed E-state index contributed by atoms with van der Waals surface area (Å²) in [7, 11) is -3.77. The summed E-state index contributed by atoms with van der Waals surface area (Å²) in [6.07, 6.45) is 0. The van der Waals surface area contributed by atoms with E-state index in [0.717, 1.165) is 0 Å². The van der Waals surface area contributed by atoms with E-state index in [1.165, 1.54) is 24.3 Å². The minimum absolute atomic E-state index is 0.0681. The molecule has 0 aliphatic rings. The van der Waals surface area contributed by atoms with E-state index < -0.39 is 10.0 Å². The van der Waals surface area contributed by atoms with Crippen LogP contribution in [0, 0.1) is 0 Å². The Labute approximate surface area is 147 Å². The smallest absolute Gasteiger partial charge is 0.261 e. The van der Waals surface area contributed by atoms with Crippen molar-refractivity contribution in [2.45, 2.75) is 18.7 Å². The van der Waals surface area contributed by atoms with Gasteiger partial charge in [0.15, 0.2) is 0 Å². The van der Waals surface area contributed by atoms with E-state index in [0.29, 0.717) is 29.4 Å². The van der Waals surface area contributed by atoms with Crippen molar-refractivity contribution in [2.75, 3.05) is 17.8 Å². The molecule has 0 spiro atoms. The van der Waals surface area contributed by atoms with Crippen LogP contribution in [0.25, 0.3) is 0 Å². The Bertz CT molecular complexity index is 816. The Balaban J connectivity index is 2.23. The van der Waals surface area contributed by atoms with Gasteiger partial charge in [0, 0.05) is 18.7 Å². The van der Waals surface area contributed by atoms with Crippen LogP contribution in [0.3, 0.4) is 0 Å².